The van der Waals surface area contributed by atoms with E-state index in [1.807, 2.05) is 0 Å². The largest absolute Gasteiger partial charge is 0.354 e. The molecule has 1 heterocycles. The molecule has 2 atom stereocenters. The highest BCUT2D eigenvalue weighted by Crippen LogP contribution is 2.26. The van der Waals surface area contributed by atoms with Crippen LogP contribution in [0.2, 0.25) is 0 Å². The van der Waals surface area contributed by atoms with Gasteiger partial charge in [-0.2, -0.15) is 0 Å². The van der Waals surface area contributed by atoms with Gasteiger partial charge >= 0.3 is 0 Å². The average Bonchev–Trinajstić information content (AvgIpc) is 2.73. The average molecular weight is 288 g/mol. The zero-order valence-corrected chi connectivity index (χ0v) is 11.5. The summed E-state index contributed by atoms with van der Waals surface area (Å²) in [5, 5.41) is 3.01. The lowest BCUT2D eigenvalue weighted by molar-refractivity contribution is 0.462. The molecule has 1 aliphatic carbocycles. The Kier molecular flexibility index (Phi) is 4.31. The van der Waals surface area contributed by atoms with Crippen LogP contribution in [0.4, 0.5) is 10.3 Å². The number of sulfonamides is 1. The molecule has 1 saturated carbocycles. The Morgan fingerprint density at radius 2 is 2.05 bits per heavy atom. The van der Waals surface area contributed by atoms with Crippen LogP contribution in [-0.2, 0) is 10.0 Å². The van der Waals surface area contributed by atoms with Crippen molar-refractivity contribution >= 4 is 16.0 Å². The molecule has 0 aliphatic heterocycles. The summed E-state index contributed by atoms with van der Waals surface area (Å²) in [5.41, 5.74) is 0. The van der Waals surface area contributed by atoms with Gasteiger partial charge in [0.15, 0.2) is 5.82 Å². The van der Waals surface area contributed by atoms with E-state index in [-0.39, 0.29) is 12.0 Å². The van der Waals surface area contributed by atoms with Crippen molar-refractivity contribution in [1.29, 1.82) is 0 Å². The Balaban J connectivity index is 1.89. The molecule has 0 spiro atoms. The second-order valence-electron chi connectivity index (χ2n) is 4.79. The number of aromatic nitrogens is 2. The molecule has 0 saturated heterocycles. The van der Waals surface area contributed by atoms with Crippen LogP contribution < -0.4 is 10.0 Å². The van der Waals surface area contributed by atoms with Crippen molar-refractivity contribution in [2.75, 3.05) is 18.1 Å². The molecule has 1 aromatic rings. The fourth-order valence-corrected chi connectivity index (χ4v) is 3.20. The van der Waals surface area contributed by atoms with Gasteiger partial charge in [0.05, 0.1) is 18.6 Å². The van der Waals surface area contributed by atoms with Crippen molar-refractivity contribution in [3.05, 3.63) is 18.2 Å². The van der Waals surface area contributed by atoms with Crippen molar-refractivity contribution in [2.45, 2.75) is 25.3 Å². The molecule has 0 aromatic carbocycles. The van der Waals surface area contributed by atoms with Crippen LogP contribution in [0.3, 0.4) is 0 Å². The Morgan fingerprint density at radius 3 is 2.68 bits per heavy atom. The van der Waals surface area contributed by atoms with Gasteiger partial charge < -0.3 is 5.32 Å². The monoisotopic (exact) mass is 288 g/mol. The summed E-state index contributed by atoms with van der Waals surface area (Å²) in [6.45, 7) is 0.568. The number of hydrogen-bond donors (Lipinski definition) is 2. The molecule has 0 radical (unpaired) electrons. The first-order valence-corrected chi connectivity index (χ1v) is 8.02. The summed E-state index contributed by atoms with van der Waals surface area (Å²) in [6.07, 6.45) is 6.13. The van der Waals surface area contributed by atoms with E-state index < -0.39 is 15.8 Å². The van der Waals surface area contributed by atoms with Crippen molar-refractivity contribution in [1.82, 2.24) is 14.7 Å². The summed E-state index contributed by atoms with van der Waals surface area (Å²) >= 11 is 0. The zero-order valence-electron chi connectivity index (χ0n) is 10.6. The van der Waals surface area contributed by atoms with Gasteiger partial charge in [-0.1, -0.05) is 6.42 Å². The highest BCUT2D eigenvalue weighted by atomic mass is 32.2. The lowest BCUT2D eigenvalue weighted by atomic mass is 10.1. The van der Waals surface area contributed by atoms with Crippen LogP contribution in [0, 0.1) is 11.7 Å². The number of rotatable bonds is 5. The fraction of sp³-hybridized carbons (Fsp3) is 0.636. The highest BCUT2D eigenvalue weighted by Gasteiger charge is 2.29. The van der Waals surface area contributed by atoms with E-state index in [1.165, 1.54) is 6.26 Å². The van der Waals surface area contributed by atoms with Crippen molar-refractivity contribution in [2.24, 2.45) is 5.92 Å². The maximum Gasteiger partial charge on any atom is 0.222 e. The minimum atomic E-state index is -3.19. The Hall–Kier alpha value is -1.28. The summed E-state index contributed by atoms with van der Waals surface area (Å²) in [7, 11) is -3.19. The van der Waals surface area contributed by atoms with Crippen molar-refractivity contribution < 1.29 is 12.8 Å². The van der Waals surface area contributed by atoms with Crippen LogP contribution in [-0.4, -0.2) is 37.2 Å². The van der Waals surface area contributed by atoms with E-state index in [2.05, 4.69) is 20.0 Å². The van der Waals surface area contributed by atoms with Crippen LogP contribution in [0.25, 0.3) is 0 Å². The molecule has 1 fully saturated rings. The van der Waals surface area contributed by atoms with Gasteiger partial charge in [0, 0.05) is 12.6 Å². The maximum absolute atomic E-state index is 12.6. The van der Waals surface area contributed by atoms with Gasteiger partial charge in [0.1, 0.15) is 0 Å². The quantitative estimate of drug-likeness (QED) is 0.835. The predicted molar refractivity (Wildman–Crippen MR) is 69.6 cm³/mol. The second kappa shape index (κ2) is 5.79. The first-order chi connectivity index (χ1) is 8.94. The van der Waals surface area contributed by atoms with Gasteiger partial charge in [-0.05, 0) is 18.8 Å². The van der Waals surface area contributed by atoms with Gasteiger partial charge in [0.25, 0.3) is 0 Å². The smallest absolute Gasteiger partial charge is 0.222 e. The van der Waals surface area contributed by atoms with Crippen LogP contribution in [0.1, 0.15) is 19.3 Å². The number of nitrogens with zero attached hydrogens (tertiary/aromatic N) is 2. The second-order valence-corrected chi connectivity index (χ2v) is 6.57. The standard InChI is InChI=1S/C11H17FN4O2S/c1-19(17,18)16-10-4-2-3-8(10)5-13-11-14-6-9(12)7-15-11/h6-8,10,16H,2-5H2,1H3,(H,13,14,15). The molecule has 1 aliphatic rings. The number of nitrogens with one attached hydrogen (secondary N) is 2. The number of halogens is 1. The lowest BCUT2D eigenvalue weighted by Gasteiger charge is -2.20. The molecular formula is C11H17FN4O2S. The number of hydrogen-bond acceptors (Lipinski definition) is 5. The first-order valence-electron chi connectivity index (χ1n) is 6.13. The minimum Gasteiger partial charge on any atom is -0.354 e. The summed E-state index contributed by atoms with van der Waals surface area (Å²) in [4.78, 5) is 7.61. The molecule has 8 heteroatoms. The predicted octanol–water partition coefficient (Wildman–Crippen LogP) is 0.745. The molecule has 2 N–H and O–H groups in total. The van der Waals surface area contributed by atoms with E-state index in [9.17, 15) is 12.8 Å². The molecular weight excluding hydrogens is 271 g/mol. The van der Waals surface area contributed by atoms with Crippen molar-refractivity contribution in [3.8, 4) is 0 Å². The third kappa shape index (κ3) is 4.39. The molecule has 106 valence electrons. The molecule has 6 nitrogen and oxygen atoms in total. The highest BCUT2D eigenvalue weighted by molar-refractivity contribution is 7.88. The normalized spacial score (nSPS) is 23.5. The maximum atomic E-state index is 12.6. The van der Waals surface area contributed by atoms with E-state index >= 15 is 0 Å². The third-order valence-electron chi connectivity index (χ3n) is 3.17. The van der Waals surface area contributed by atoms with E-state index in [4.69, 9.17) is 0 Å². The van der Waals surface area contributed by atoms with E-state index in [0.717, 1.165) is 31.7 Å². The third-order valence-corrected chi connectivity index (χ3v) is 3.90. The molecule has 2 unspecified atom stereocenters. The van der Waals surface area contributed by atoms with Gasteiger partial charge in [-0.25, -0.2) is 27.5 Å². The molecule has 0 amide bonds. The molecule has 1 aromatic heterocycles. The first kappa shape index (κ1) is 14.1. The Morgan fingerprint density at radius 1 is 1.37 bits per heavy atom. The minimum absolute atomic E-state index is 0.0528. The van der Waals surface area contributed by atoms with E-state index in [1.54, 1.807) is 0 Å². The van der Waals surface area contributed by atoms with Crippen LogP contribution in [0.5, 0.6) is 0 Å². The summed E-state index contributed by atoms with van der Waals surface area (Å²) in [5.74, 6) is 0.0674. The van der Waals surface area contributed by atoms with E-state index in [0.29, 0.717) is 12.5 Å². The Labute approximate surface area is 111 Å². The SMILES string of the molecule is CS(=O)(=O)NC1CCCC1CNc1ncc(F)cn1. The molecule has 2 rings (SSSR count). The van der Waals surface area contributed by atoms with Crippen LogP contribution in [0.15, 0.2) is 12.4 Å². The molecule has 0 bridgehead atoms. The topological polar surface area (TPSA) is 84.0 Å². The molecule has 19 heavy (non-hydrogen) atoms. The Bertz CT molecular complexity index is 520. The summed E-state index contributed by atoms with van der Waals surface area (Å²) < 4.78 is 37.8. The number of anilines is 1. The fourth-order valence-electron chi connectivity index (χ4n) is 2.34. The van der Waals surface area contributed by atoms with Gasteiger partial charge in [-0.3, -0.25) is 0 Å². The lowest BCUT2D eigenvalue weighted by Crippen LogP contribution is -2.39. The summed E-state index contributed by atoms with van der Waals surface area (Å²) in [6, 6.07) is -0.0528. The zero-order chi connectivity index (χ0) is 13.9. The van der Waals surface area contributed by atoms with Gasteiger partial charge in [0.2, 0.25) is 16.0 Å². The van der Waals surface area contributed by atoms with Gasteiger partial charge in [-0.15, -0.1) is 0 Å². The van der Waals surface area contributed by atoms with Crippen LogP contribution >= 0.6 is 0 Å². The van der Waals surface area contributed by atoms with Crippen molar-refractivity contribution in [3.63, 3.8) is 0 Å².